The molecule has 96 valence electrons. The average Bonchev–Trinajstić information content (AvgIpc) is 2.66. The molecule has 1 heterocycles. The van der Waals surface area contributed by atoms with Crippen LogP contribution in [0.15, 0.2) is 0 Å². The Morgan fingerprint density at radius 2 is 2.06 bits per heavy atom. The van der Waals surface area contributed by atoms with E-state index in [0.29, 0.717) is 6.04 Å². The zero-order valence-corrected chi connectivity index (χ0v) is 11.6. The molecule has 1 saturated heterocycles. The van der Waals surface area contributed by atoms with Crippen molar-refractivity contribution in [2.24, 2.45) is 5.92 Å². The lowest BCUT2D eigenvalue weighted by Crippen LogP contribution is -2.40. The third-order valence-corrected chi connectivity index (χ3v) is 3.80. The summed E-state index contributed by atoms with van der Waals surface area (Å²) in [7, 11) is 0. The maximum Gasteiger partial charge on any atom is 0.0119 e. The molecule has 1 aliphatic rings. The van der Waals surface area contributed by atoms with Gasteiger partial charge in [0.1, 0.15) is 0 Å². The van der Waals surface area contributed by atoms with Crippen LogP contribution in [-0.4, -0.2) is 36.6 Å². The first-order chi connectivity index (χ1) is 7.65. The Hall–Kier alpha value is -0.0800. The predicted molar refractivity (Wildman–Crippen MR) is 71.8 cm³/mol. The van der Waals surface area contributed by atoms with E-state index in [9.17, 15) is 0 Å². The standard InChI is InChI=1S/C14H30N2/c1-5-7-13(4)15-9-11-16-10-6-8-14(16)12(2)3/h12-15H,5-11H2,1-4H3. The van der Waals surface area contributed by atoms with Crippen LogP contribution in [0.2, 0.25) is 0 Å². The Bertz CT molecular complexity index is 180. The first-order valence-corrected chi connectivity index (χ1v) is 7.12. The zero-order chi connectivity index (χ0) is 12.0. The van der Waals surface area contributed by atoms with Gasteiger partial charge in [0.2, 0.25) is 0 Å². The average molecular weight is 226 g/mol. The van der Waals surface area contributed by atoms with Crippen molar-refractivity contribution in [3.05, 3.63) is 0 Å². The SMILES string of the molecule is CCCC(C)NCCN1CCCC1C(C)C. The summed E-state index contributed by atoms with van der Waals surface area (Å²) < 4.78 is 0. The molecule has 0 aliphatic carbocycles. The van der Waals surface area contributed by atoms with Crippen LogP contribution in [-0.2, 0) is 0 Å². The fourth-order valence-electron chi connectivity index (χ4n) is 2.87. The van der Waals surface area contributed by atoms with Gasteiger partial charge in [-0.15, -0.1) is 0 Å². The van der Waals surface area contributed by atoms with Crippen LogP contribution in [0.3, 0.4) is 0 Å². The Morgan fingerprint density at radius 3 is 2.69 bits per heavy atom. The van der Waals surface area contributed by atoms with E-state index in [0.717, 1.165) is 18.5 Å². The number of nitrogens with zero attached hydrogens (tertiary/aromatic N) is 1. The molecule has 2 unspecified atom stereocenters. The van der Waals surface area contributed by atoms with Crippen LogP contribution in [0.4, 0.5) is 0 Å². The molecule has 2 atom stereocenters. The number of hydrogen-bond donors (Lipinski definition) is 1. The molecule has 0 spiro atoms. The van der Waals surface area contributed by atoms with Gasteiger partial charge in [-0.1, -0.05) is 27.2 Å². The lowest BCUT2D eigenvalue weighted by atomic mass is 10.0. The zero-order valence-electron chi connectivity index (χ0n) is 11.6. The smallest absolute Gasteiger partial charge is 0.0119 e. The highest BCUT2D eigenvalue weighted by Crippen LogP contribution is 2.22. The lowest BCUT2D eigenvalue weighted by molar-refractivity contribution is 0.205. The maximum atomic E-state index is 3.63. The van der Waals surface area contributed by atoms with Crippen molar-refractivity contribution in [1.82, 2.24) is 10.2 Å². The molecule has 0 amide bonds. The van der Waals surface area contributed by atoms with Gasteiger partial charge in [-0.05, 0) is 38.6 Å². The summed E-state index contributed by atoms with van der Waals surface area (Å²) in [6, 6.07) is 1.52. The van der Waals surface area contributed by atoms with Crippen molar-refractivity contribution in [3.8, 4) is 0 Å². The van der Waals surface area contributed by atoms with Crippen LogP contribution < -0.4 is 5.32 Å². The molecule has 1 fully saturated rings. The highest BCUT2D eigenvalue weighted by atomic mass is 15.2. The minimum absolute atomic E-state index is 0.685. The third kappa shape index (κ3) is 4.42. The first kappa shape index (κ1) is 14.0. The summed E-state index contributed by atoms with van der Waals surface area (Å²) in [6.45, 7) is 13.0. The Labute approximate surface area is 102 Å². The first-order valence-electron chi connectivity index (χ1n) is 7.12. The van der Waals surface area contributed by atoms with Crippen LogP contribution >= 0.6 is 0 Å². The summed E-state index contributed by atoms with van der Waals surface area (Å²) in [4.78, 5) is 2.68. The van der Waals surface area contributed by atoms with E-state index in [1.165, 1.54) is 38.8 Å². The molecule has 1 aliphatic heterocycles. The molecule has 0 aromatic carbocycles. The lowest BCUT2D eigenvalue weighted by Gasteiger charge is -2.28. The normalized spacial score (nSPS) is 24.2. The predicted octanol–water partition coefficient (Wildman–Crippen LogP) is 2.89. The molecule has 0 bridgehead atoms. The van der Waals surface area contributed by atoms with Crippen molar-refractivity contribution in [3.63, 3.8) is 0 Å². The van der Waals surface area contributed by atoms with Gasteiger partial charge in [-0.3, -0.25) is 4.90 Å². The minimum atomic E-state index is 0.685. The molecule has 2 nitrogen and oxygen atoms in total. The van der Waals surface area contributed by atoms with Crippen LogP contribution in [0.25, 0.3) is 0 Å². The molecule has 2 heteroatoms. The fourth-order valence-corrected chi connectivity index (χ4v) is 2.87. The summed E-state index contributed by atoms with van der Waals surface area (Å²) in [5, 5.41) is 3.63. The highest BCUT2D eigenvalue weighted by Gasteiger charge is 2.26. The molecule has 1 rings (SSSR count). The van der Waals surface area contributed by atoms with Gasteiger partial charge < -0.3 is 5.32 Å². The third-order valence-electron chi connectivity index (χ3n) is 3.80. The van der Waals surface area contributed by atoms with Crippen LogP contribution in [0.1, 0.15) is 53.4 Å². The highest BCUT2D eigenvalue weighted by molar-refractivity contribution is 4.81. The summed E-state index contributed by atoms with van der Waals surface area (Å²) >= 11 is 0. The molecule has 0 saturated carbocycles. The van der Waals surface area contributed by atoms with Crippen molar-refractivity contribution in [2.75, 3.05) is 19.6 Å². The van der Waals surface area contributed by atoms with Crippen molar-refractivity contribution in [2.45, 2.75) is 65.5 Å². The molecule has 0 radical (unpaired) electrons. The van der Waals surface area contributed by atoms with E-state index in [4.69, 9.17) is 0 Å². The molecule has 1 N–H and O–H groups in total. The van der Waals surface area contributed by atoms with Crippen molar-refractivity contribution < 1.29 is 0 Å². The molecule has 0 aromatic rings. The quantitative estimate of drug-likeness (QED) is 0.718. The summed E-state index contributed by atoms with van der Waals surface area (Å²) in [6.07, 6.45) is 5.38. The largest absolute Gasteiger partial charge is 0.313 e. The minimum Gasteiger partial charge on any atom is -0.313 e. The number of nitrogens with one attached hydrogen (secondary N) is 1. The molecule has 0 aromatic heterocycles. The van der Waals surface area contributed by atoms with Gasteiger partial charge >= 0.3 is 0 Å². The number of rotatable bonds is 7. The fraction of sp³-hybridized carbons (Fsp3) is 1.00. The van der Waals surface area contributed by atoms with E-state index in [-0.39, 0.29) is 0 Å². The van der Waals surface area contributed by atoms with E-state index >= 15 is 0 Å². The molecular weight excluding hydrogens is 196 g/mol. The van der Waals surface area contributed by atoms with Crippen molar-refractivity contribution >= 4 is 0 Å². The molecule has 16 heavy (non-hydrogen) atoms. The second kappa shape index (κ2) is 7.29. The van der Waals surface area contributed by atoms with E-state index < -0.39 is 0 Å². The van der Waals surface area contributed by atoms with Gasteiger partial charge in [0.25, 0.3) is 0 Å². The topological polar surface area (TPSA) is 15.3 Å². The number of likely N-dealkylation sites (tertiary alicyclic amines) is 1. The van der Waals surface area contributed by atoms with Gasteiger partial charge in [-0.2, -0.15) is 0 Å². The molecular formula is C14H30N2. The van der Waals surface area contributed by atoms with E-state index in [1.807, 2.05) is 0 Å². The summed E-state index contributed by atoms with van der Waals surface area (Å²) in [5.41, 5.74) is 0. The van der Waals surface area contributed by atoms with E-state index in [1.54, 1.807) is 0 Å². The van der Waals surface area contributed by atoms with Crippen LogP contribution in [0, 0.1) is 5.92 Å². The van der Waals surface area contributed by atoms with Gasteiger partial charge in [0.05, 0.1) is 0 Å². The van der Waals surface area contributed by atoms with Gasteiger partial charge in [0, 0.05) is 25.2 Å². The Balaban J connectivity index is 2.16. The number of hydrogen-bond acceptors (Lipinski definition) is 2. The van der Waals surface area contributed by atoms with E-state index in [2.05, 4.69) is 37.9 Å². The Kier molecular flexibility index (Phi) is 6.37. The maximum absolute atomic E-state index is 3.63. The second-order valence-corrected chi connectivity index (χ2v) is 5.63. The summed E-state index contributed by atoms with van der Waals surface area (Å²) in [5.74, 6) is 0.815. The van der Waals surface area contributed by atoms with Crippen LogP contribution in [0.5, 0.6) is 0 Å². The van der Waals surface area contributed by atoms with Gasteiger partial charge in [0.15, 0.2) is 0 Å². The second-order valence-electron chi connectivity index (χ2n) is 5.63. The van der Waals surface area contributed by atoms with Crippen molar-refractivity contribution in [1.29, 1.82) is 0 Å². The monoisotopic (exact) mass is 226 g/mol. The Morgan fingerprint density at radius 1 is 1.31 bits per heavy atom. The van der Waals surface area contributed by atoms with Gasteiger partial charge in [-0.25, -0.2) is 0 Å².